The lowest BCUT2D eigenvalue weighted by Gasteiger charge is -2.33. The predicted octanol–water partition coefficient (Wildman–Crippen LogP) is 2.88. The highest BCUT2D eigenvalue weighted by atomic mass is 35.5. The molecule has 2 aliphatic rings. The van der Waals surface area contributed by atoms with E-state index < -0.39 is 0 Å². The summed E-state index contributed by atoms with van der Waals surface area (Å²) in [7, 11) is 0. The van der Waals surface area contributed by atoms with Crippen LogP contribution >= 0.6 is 12.4 Å². The minimum absolute atomic E-state index is 0. The number of carbonyl (C=O) groups is 1. The first-order valence-electron chi connectivity index (χ1n) is 7.64. The van der Waals surface area contributed by atoms with Crippen molar-refractivity contribution in [3.63, 3.8) is 0 Å². The zero-order chi connectivity index (χ0) is 13.0. The van der Waals surface area contributed by atoms with Crippen molar-refractivity contribution in [1.29, 1.82) is 0 Å². The Morgan fingerprint density at radius 2 is 1.84 bits per heavy atom. The lowest BCUT2D eigenvalue weighted by Crippen LogP contribution is -2.48. The van der Waals surface area contributed by atoms with Crippen LogP contribution in [0.4, 0.5) is 0 Å². The van der Waals surface area contributed by atoms with Crippen LogP contribution in [0.5, 0.6) is 0 Å². The van der Waals surface area contributed by atoms with Crippen molar-refractivity contribution in [3.05, 3.63) is 0 Å². The summed E-state index contributed by atoms with van der Waals surface area (Å²) < 4.78 is 0. The fourth-order valence-electron chi connectivity index (χ4n) is 3.66. The highest BCUT2D eigenvalue weighted by molar-refractivity contribution is 5.85. The van der Waals surface area contributed by atoms with Crippen LogP contribution in [0.3, 0.4) is 0 Å². The Labute approximate surface area is 123 Å². The number of nitrogens with one attached hydrogen (secondary N) is 2. The number of piperidine rings is 1. The maximum absolute atomic E-state index is 12.6. The molecule has 2 rings (SSSR count). The third kappa shape index (κ3) is 4.35. The van der Waals surface area contributed by atoms with Crippen LogP contribution in [0.1, 0.15) is 58.8 Å². The van der Waals surface area contributed by atoms with Crippen LogP contribution in [0.25, 0.3) is 0 Å². The molecule has 0 atom stereocenters. The summed E-state index contributed by atoms with van der Waals surface area (Å²) in [5, 5.41) is 6.68. The Hall–Kier alpha value is -0.280. The normalized spacial score (nSPS) is 23.1. The monoisotopic (exact) mass is 288 g/mol. The molecule has 1 saturated carbocycles. The largest absolute Gasteiger partial charge is 0.353 e. The van der Waals surface area contributed by atoms with Gasteiger partial charge in [0, 0.05) is 11.5 Å². The molecule has 2 N–H and O–H groups in total. The summed E-state index contributed by atoms with van der Waals surface area (Å²) >= 11 is 0. The van der Waals surface area contributed by atoms with Crippen molar-refractivity contribution in [1.82, 2.24) is 10.6 Å². The Morgan fingerprint density at radius 3 is 2.37 bits per heavy atom. The summed E-state index contributed by atoms with van der Waals surface area (Å²) in [5.41, 5.74) is -0.0426. The van der Waals surface area contributed by atoms with E-state index >= 15 is 0 Å². The van der Waals surface area contributed by atoms with E-state index in [0.717, 1.165) is 45.2 Å². The van der Waals surface area contributed by atoms with E-state index in [2.05, 4.69) is 24.5 Å². The maximum Gasteiger partial charge on any atom is 0.226 e. The maximum atomic E-state index is 12.6. The summed E-state index contributed by atoms with van der Waals surface area (Å²) in [6.07, 6.45) is 7.89. The molecule has 0 aromatic heterocycles. The first kappa shape index (κ1) is 16.8. The lowest BCUT2D eigenvalue weighted by atomic mass is 9.77. The second-order valence-electron chi connectivity index (χ2n) is 6.58. The molecule has 1 saturated heterocycles. The van der Waals surface area contributed by atoms with Crippen molar-refractivity contribution < 1.29 is 4.79 Å². The number of rotatable bonds is 4. The molecule has 4 heteroatoms. The Balaban J connectivity index is 0.00000180. The van der Waals surface area contributed by atoms with E-state index in [-0.39, 0.29) is 17.8 Å². The zero-order valence-electron chi connectivity index (χ0n) is 12.3. The van der Waals surface area contributed by atoms with E-state index in [1.165, 1.54) is 12.8 Å². The minimum Gasteiger partial charge on any atom is -0.353 e. The fraction of sp³-hybridized carbons (Fsp3) is 0.933. The lowest BCUT2D eigenvalue weighted by molar-refractivity contribution is -0.132. The van der Waals surface area contributed by atoms with E-state index in [1.807, 2.05) is 0 Å². The van der Waals surface area contributed by atoms with Gasteiger partial charge in [-0.1, -0.05) is 26.7 Å². The van der Waals surface area contributed by atoms with Crippen LogP contribution in [0.15, 0.2) is 0 Å². The van der Waals surface area contributed by atoms with Gasteiger partial charge in [-0.2, -0.15) is 0 Å². The van der Waals surface area contributed by atoms with Gasteiger partial charge in [0.25, 0.3) is 0 Å². The predicted molar refractivity (Wildman–Crippen MR) is 81.6 cm³/mol. The van der Waals surface area contributed by atoms with Crippen molar-refractivity contribution in [2.24, 2.45) is 11.3 Å². The first-order chi connectivity index (χ1) is 8.62. The van der Waals surface area contributed by atoms with Gasteiger partial charge in [-0.3, -0.25) is 4.79 Å². The average Bonchev–Trinajstić information content (AvgIpc) is 2.79. The molecule has 1 aliphatic carbocycles. The smallest absolute Gasteiger partial charge is 0.226 e. The molecule has 1 heterocycles. The van der Waals surface area contributed by atoms with Crippen molar-refractivity contribution in [2.75, 3.05) is 13.1 Å². The third-order valence-corrected chi connectivity index (χ3v) is 4.52. The van der Waals surface area contributed by atoms with Crippen molar-refractivity contribution in [3.8, 4) is 0 Å². The zero-order valence-corrected chi connectivity index (χ0v) is 13.2. The summed E-state index contributed by atoms with van der Waals surface area (Å²) in [6.45, 7) is 6.56. The Bertz CT molecular complexity index is 282. The number of halogens is 1. The number of hydrogen-bond donors (Lipinski definition) is 2. The van der Waals surface area contributed by atoms with Gasteiger partial charge in [0.05, 0.1) is 0 Å². The quantitative estimate of drug-likeness (QED) is 0.835. The van der Waals surface area contributed by atoms with Gasteiger partial charge in [0.15, 0.2) is 0 Å². The summed E-state index contributed by atoms with van der Waals surface area (Å²) in [5.74, 6) is 0.961. The van der Waals surface area contributed by atoms with E-state index in [1.54, 1.807) is 0 Å². The first-order valence-corrected chi connectivity index (χ1v) is 7.64. The molecule has 2 fully saturated rings. The Kier molecular flexibility index (Phi) is 6.61. The fourth-order valence-corrected chi connectivity index (χ4v) is 3.66. The van der Waals surface area contributed by atoms with Crippen LogP contribution in [0, 0.1) is 11.3 Å². The summed E-state index contributed by atoms with van der Waals surface area (Å²) in [6, 6.07) is 0.406. The third-order valence-electron chi connectivity index (χ3n) is 4.52. The molecule has 3 nitrogen and oxygen atoms in total. The van der Waals surface area contributed by atoms with Gasteiger partial charge in [-0.25, -0.2) is 0 Å². The van der Waals surface area contributed by atoms with Crippen molar-refractivity contribution >= 4 is 18.3 Å². The number of hydrogen-bond acceptors (Lipinski definition) is 2. The molecule has 112 valence electrons. The second kappa shape index (κ2) is 7.49. The summed E-state index contributed by atoms with van der Waals surface area (Å²) in [4.78, 5) is 12.6. The van der Waals surface area contributed by atoms with Crippen molar-refractivity contribution in [2.45, 2.75) is 64.8 Å². The number of amides is 1. The molecule has 0 aromatic rings. The molecule has 0 bridgehead atoms. The van der Waals surface area contributed by atoms with Crippen LogP contribution < -0.4 is 10.6 Å². The van der Waals surface area contributed by atoms with Gasteiger partial charge in [0.1, 0.15) is 0 Å². The molecule has 1 aliphatic heterocycles. The van der Waals surface area contributed by atoms with Gasteiger partial charge in [0.2, 0.25) is 5.91 Å². The molecule has 0 spiro atoms. The Morgan fingerprint density at radius 1 is 1.26 bits per heavy atom. The van der Waals surface area contributed by atoms with Gasteiger partial charge < -0.3 is 10.6 Å². The SMILES string of the molecule is CC(C)CC1(C(=O)NC2CCNCC2)CCCC1.Cl. The van der Waals surface area contributed by atoms with Crippen LogP contribution in [-0.4, -0.2) is 25.0 Å². The van der Waals surface area contributed by atoms with Crippen LogP contribution in [-0.2, 0) is 4.79 Å². The van der Waals surface area contributed by atoms with E-state index in [0.29, 0.717) is 17.9 Å². The number of carbonyl (C=O) groups excluding carboxylic acids is 1. The van der Waals surface area contributed by atoms with Gasteiger partial charge in [-0.15, -0.1) is 12.4 Å². The standard InChI is InChI=1S/C15H28N2O.ClH/c1-12(2)11-15(7-3-4-8-15)14(18)17-13-5-9-16-10-6-13;/h12-13,16H,3-11H2,1-2H3,(H,17,18);1H. The van der Waals surface area contributed by atoms with Crippen LogP contribution in [0.2, 0.25) is 0 Å². The molecular formula is C15H29ClN2O. The second-order valence-corrected chi connectivity index (χ2v) is 6.58. The topological polar surface area (TPSA) is 41.1 Å². The molecule has 0 radical (unpaired) electrons. The molecular weight excluding hydrogens is 260 g/mol. The van der Waals surface area contributed by atoms with Gasteiger partial charge in [-0.05, 0) is 51.1 Å². The highest BCUT2D eigenvalue weighted by Gasteiger charge is 2.41. The van der Waals surface area contributed by atoms with E-state index in [9.17, 15) is 4.79 Å². The highest BCUT2D eigenvalue weighted by Crippen LogP contribution is 2.43. The average molecular weight is 289 g/mol. The molecule has 0 aromatic carbocycles. The molecule has 0 unspecified atom stereocenters. The molecule has 1 amide bonds. The van der Waals surface area contributed by atoms with Gasteiger partial charge >= 0.3 is 0 Å². The minimum atomic E-state index is -0.0426. The van der Waals surface area contributed by atoms with E-state index in [4.69, 9.17) is 0 Å². The molecule has 19 heavy (non-hydrogen) atoms.